The molecule has 0 radical (unpaired) electrons. The van der Waals surface area contributed by atoms with Crippen LogP contribution >= 0.6 is 0 Å². The van der Waals surface area contributed by atoms with Gasteiger partial charge in [-0.1, -0.05) is 30.3 Å². The molecule has 0 aliphatic rings. The third-order valence-electron chi connectivity index (χ3n) is 2.73. The summed E-state index contributed by atoms with van der Waals surface area (Å²) in [5.74, 6) is 0. The molecule has 2 heteroatoms. The van der Waals surface area contributed by atoms with E-state index in [1.165, 1.54) is 5.56 Å². The fourth-order valence-electron chi connectivity index (χ4n) is 1.64. The molecule has 1 aromatic rings. The first kappa shape index (κ1) is 12.9. The summed E-state index contributed by atoms with van der Waals surface area (Å²) in [5, 5.41) is 12.6. The summed E-state index contributed by atoms with van der Waals surface area (Å²) in [7, 11) is 0. The molecule has 0 aromatic heterocycles. The molecular weight excluding hydrogens is 198 g/mol. The Morgan fingerprint density at radius 1 is 1.38 bits per heavy atom. The van der Waals surface area contributed by atoms with Crippen molar-refractivity contribution in [2.75, 3.05) is 0 Å². The Labute approximate surface area is 98.0 Å². The minimum Gasteiger partial charge on any atom is -0.392 e. The first-order valence-electron chi connectivity index (χ1n) is 5.80. The van der Waals surface area contributed by atoms with Crippen molar-refractivity contribution in [1.29, 1.82) is 0 Å². The van der Waals surface area contributed by atoms with E-state index in [4.69, 9.17) is 0 Å². The van der Waals surface area contributed by atoms with Gasteiger partial charge in [0.15, 0.2) is 0 Å². The fourth-order valence-corrected chi connectivity index (χ4v) is 1.64. The van der Waals surface area contributed by atoms with Crippen molar-refractivity contribution < 1.29 is 5.11 Å². The largest absolute Gasteiger partial charge is 0.392 e. The van der Waals surface area contributed by atoms with Crippen LogP contribution in [0.5, 0.6) is 0 Å². The lowest BCUT2D eigenvalue weighted by Crippen LogP contribution is -2.25. The summed E-state index contributed by atoms with van der Waals surface area (Å²) in [6.45, 7) is 6.81. The Morgan fingerprint density at radius 2 is 2.06 bits per heavy atom. The standard InChI is InChI=1S/C14H21NO/c1-3-4-7-12(2)15-10-13-8-5-6-9-14(13)11-16/h3,5-6,8-9,12,15-16H,1,4,7,10-11H2,2H3. The molecule has 2 nitrogen and oxygen atoms in total. The highest BCUT2D eigenvalue weighted by molar-refractivity contribution is 5.26. The molecule has 0 heterocycles. The van der Waals surface area contributed by atoms with Gasteiger partial charge in [0.25, 0.3) is 0 Å². The van der Waals surface area contributed by atoms with E-state index in [1.807, 2.05) is 24.3 Å². The SMILES string of the molecule is C=CCCC(C)NCc1ccccc1CO. The first-order valence-corrected chi connectivity index (χ1v) is 5.80. The highest BCUT2D eigenvalue weighted by atomic mass is 16.3. The van der Waals surface area contributed by atoms with Gasteiger partial charge < -0.3 is 10.4 Å². The minimum atomic E-state index is 0.110. The Morgan fingerprint density at radius 3 is 2.69 bits per heavy atom. The number of hydrogen-bond donors (Lipinski definition) is 2. The van der Waals surface area contributed by atoms with E-state index < -0.39 is 0 Å². The van der Waals surface area contributed by atoms with Crippen molar-refractivity contribution in [2.24, 2.45) is 0 Å². The predicted octanol–water partition coefficient (Wildman–Crippen LogP) is 2.62. The van der Waals surface area contributed by atoms with E-state index in [9.17, 15) is 5.11 Å². The van der Waals surface area contributed by atoms with Crippen LogP contribution in [0, 0.1) is 0 Å². The van der Waals surface area contributed by atoms with Gasteiger partial charge >= 0.3 is 0 Å². The molecule has 1 aromatic carbocycles. The molecule has 1 atom stereocenters. The molecule has 0 amide bonds. The molecule has 2 N–H and O–H groups in total. The van der Waals surface area contributed by atoms with Crippen LogP contribution in [0.4, 0.5) is 0 Å². The second-order valence-electron chi connectivity index (χ2n) is 4.07. The van der Waals surface area contributed by atoms with Crippen LogP contribution in [-0.4, -0.2) is 11.1 Å². The summed E-state index contributed by atoms with van der Waals surface area (Å²) in [6.07, 6.45) is 4.08. The summed E-state index contributed by atoms with van der Waals surface area (Å²) in [6, 6.07) is 8.45. The molecule has 88 valence electrons. The molecule has 1 unspecified atom stereocenters. The van der Waals surface area contributed by atoms with Crippen LogP contribution in [0.3, 0.4) is 0 Å². The van der Waals surface area contributed by atoms with Gasteiger partial charge in [-0.25, -0.2) is 0 Å². The average Bonchev–Trinajstić information content (AvgIpc) is 2.34. The van der Waals surface area contributed by atoms with Crippen molar-refractivity contribution >= 4 is 0 Å². The van der Waals surface area contributed by atoms with Crippen LogP contribution in [0.1, 0.15) is 30.9 Å². The van der Waals surface area contributed by atoms with Crippen molar-refractivity contribution in [3.8, 4) is 0 Å². The van der Waals surface area contributed by atoms with Gasteiger partial charge in [-0.05, 0) is 30.9 Å². The molecule has 1 rings (SSSR count). The molecule has 0 aliphatic heterocycles. The normalized spacial score (nSPS) is 12.4. The molecule has 0 aliphatic carbocycles. The van der Waals surface area contributed by atoms with Gasteiger partial charge in [-0.2, -0.15) is 0 Å². The number of aliphatic hydroxyl groups is 1. The van der Waals surface area contributed by atoms with Crippen LogP contribution < -0.4 is 5.32 Å². The lowest BCUT2D eigenvalue weighted by Gasteiger charge is -2.14. The Balaban J connectivity index is 2.44. The van der Waals surface area contributed by atoms with E-state index in [-0.39, 0.29) is 6.61 Å². The van der Waals surface area contributed by atoms with Gasteiger partial charge in [-0.15, -0.1) is 6.58 Å². The van der Waals surface area contributed by atoms with Gasteiger partial charge in [0.1, 0.15) is 0 Å². The highest BCUT2D eigenvalue weighted by Gasteiger charge is 2.03. The second kappa shape index (κ2) is 7.20. The van der Waals surface area contributed by atoms with Crippen LogP contribution in [0.2, 0.25) is 0 Å². The molecule has 0 spiro atoms. The van der Waals surface area contributed by atoms with E-state index in [1.54, 1.807) is 0 Å². The van der Waals surface area contributed by atoms with Crippen molar-refractivity contribution in [3.63, 3.8) is 0 Å². The van der Waals surface area contributed by atoms with E-state index in [0.29, 0.717) is 6.04 Å². The number of benzene rings is 1. The first-order chi connectivity index (χ1) is 7.77. The topological polar surface area (TPSA) is 32.3 Å². The van der Waals surface area contributed by atoms with Gasteiger partial charge in [0.05, 0.1) is 6.61 Å². The lowest BCUT2D eigenvalue weighted by atomic mass is 10.1. The quantitative estimate of drug-likeness (QED) is 0.691. The zero-order valence-electron chi connectivity index (χ0n) is 9.95. The number of allylic oxidation sites excluding steroid dienone is 1. The van der Waals surface area contributed by atoms with Gasteiger partial charge in [0.2, 0.25) is 0 Å². The number of hydrogen-bond acceptors (Lipinski definition) is 2. The summed E-state index contributed by atoms with van der Waals surface area (Å²) < 4.78 is 0. The molecule has 0 bridgehead atoms. The monoisotopic (exact) mass is 219 g/mol. The zero-order chi connectivity index (χ0) is 11.8. The number of nitrogens with one attached hydrogen (secondary N) is 1. The maximum Gasteiger partial charge on any atom is 0.0685 e. The third-order valence-corrected chi connectivity index (χ3v) is 2.73. The van der Waals surface area contributed by atoms with Crippen LogP contribution in [0.15, 0.2) is 36.9 Å². The van der Waals surface area contributed by atoms with Crippen LogP contribution in [-0.2, 0) is 13.2 Å². The van der Waals surface area contributed by atoms with E-state index in [2.05, 4.69) is 24.9 Å². The second-order valence-corrected chi connectivity index (χ2v) is 4.07. The highest BCUT2D eigenvalue weighted by Crippen LogP contribution is 2.09. The third kappa shape index (κ3) is 4.17. The van der Waals surface area contributed by atoms with Crippen molar-refractivity contribution in [1.82, 2.24) is 5.32 Å². The van der Waals surface area contributed by atoms with E-state index >= 15 is 0 Å². The number of rotatable bonds is 7. The fraction of sp³-hybridized carbons (Fsp3) is 0.429. The maximum atomic E-state index is 9.18. The Bertz CT molecular complexity index is 322. The molecule has 0 saturated heterocycles. The van der Waals surface area contributed by atoms with Crippen molar-refractivity contribution in [3.05, 3.63) is 48.0 Å². The summed E-state index contributed by atoms with van der Waals surface area (Å²) in [4.78, 5) is 0. The molecule has 0 fully saturated rings. The van der Waals surface area contributed by atoms with Crippen molar-refractivity contribution in [2.45, 2.75) is 39.0 Å². The molecular formula is C14H21NO. The molecule has 0 saturated carbocycles. The smallest absolute Gasteiger partial charge is 0.0685 e. The zero-order valence-corrected chi connectivity index (χ0v) is 9.95. The average molecular weight is 219 g/mol. The maximum absolute atomic E-state index is 9.18. The summed E-state index contributed by atoms with van der Waals surface area (Å²) in [5.41, 5.74) is 2.18. The van der Waals surface area contributed by atoms with Crippen LogP contribution in [0.25, 0.3) is 0 Å². The summed E-state index contributed by atoms with van der Waals surface area (Å²) >= 11 is 0. The number of aliphatic hydroxyl groups excluding tert-OH is 1. The molecule has 16 heavy (non-hydrogen) atoms. The minimum absolute atomic E-state index is 0.110. The van der Waals surface area contributed by atoms with Gasteiger partial charge in [-0.3, -0.25) is 0 Å². The predicted molar refractivity (Wildman–Crippen MR) is 68.1 cm³/mol. The van der Waals surface area contributed by atoms with E-state index in [0.717, 1.165) is 24.9 Å². The van der Waals surface area contributed by atoms with Gasteiger partial charge in [0, 0.05) is 12.6 Å². The Hall–Kier alpha value is -1.12. The Kier molecular flexibility index (Phi) is 5.83. The lowest BCUT2D eigenvalue weighted by molar-refractivity contribution is 0.280.